The molecule has 3 aromatic heterocycles. The molecule has 0 aliphatic rings. The Balaban J connectivity index is 0.000000377. The zero-order valence-electron chi connectivity index (χ0n) is 39.8. The number of fused-ring (bicyclic) bond motifs is 7. The fraction of sp³-hybridized carbons (Fsp3) is 0.0615. The fourth-order valence-electron chi connectivity index (χ4n) is 9.58. The molecular formula is C65H54N4S. The van der Waals surface area contributed by atoms with Crippen molar-refractivity contribution in [1.29, 1.82) is 0 Å². The lowest BCUT2D eigenvalue weighted by molar-refractivity contribution is 1.07. The van der Waals surface area contributed by atoms with Crippen molar-refractivity contribution in [3.05, 3.63) is 253 Å². The van der Waals surface area contributed by atoms with Gasteiger partial charge in [0, 0.05) is 60.0 Å². The van der Waals surface area contributed by atoms with Crippen LogP contribution in [0.15, 0.2) is 236 Å². The molecule has 0 bridgehead atoms. The summed E-state index contributed by atoms with van der Waals surface area (Å²) >= 11 is 1.85. The van der Waals surface area contributed by atoms with Crippen LogP contribution in [0.5, 0.6) is 0 Å². The quantitative estimate of drug-likeness (QED) is 0.0829. The number of nitrogens with zero attached hydrogens (tertiary/aromatic N) is 3. The van der Waals surface area contributed by atoms with Gasteiger partial charge in [0.05, 0.1) is 21.9 Å². The van der Waals surface area contributed by atoms with E-state index in [0.29, 0.717) is 5.84 Å². The van der Waals surface area contributed by atoms with Crippen molar-refractivity contribution in [2.24, 2.45) is 10.7 Å². The number of thiophene rings is 1. The highest BCUT2D eigenvalue weighted by molar-refractivity contribution is 7.25. The SMILES string of the molecule is C=C/C=C(\C=C/C)n1c2ccc(-c3ccc4c(c3)c(=CC(N)=NC)/c(=C\C=C/C)n4-c3ccccc3)cc2c2cc(-c3ccc4sc5ccccc5c4c3)ccc21.c1ccc(Cc2ccccc2)cc1. The fourth-order valence-corrected chi connectivity index (χ4v) is 10.7. The number of allylic oxidation sites excluding steroid dienone is 7. The van der Waals surface area contributed by atoms with Crippen LogP contribution in [0, 0.1) is 0 Å². The molecular weight excluding hydrogens is 869 g/mol. The Labute approximate surface area is 413 Å². The molecule has 3 heterocycles. The molecule has 0 aliphatic heterocycles. The van der Waals surface area contributed by atoms with E-state index in [2.05, 4.69) is 240 Å². The summed E-state index contributed by atoms with van der Waals surface area (Å²) < 4.78 is 7.27. The first-order chi connectivity index (χ1) is 34.5. The highest BCUT2D eigenvalue weighted by Crippen LogP contribution is 2.40. The number of aromatic nitrogens is 2. The first-order valence-corrected chi connectivity index (χ1v) is 24.6. The second-order valence-electron chi connectivity index (χ2n) is 17.3. The van der Waals surface area contributed by atoms with E-state index >= 15 is 0 Å². The lowest BCUT2D eigenvalue weighted by atomic mass is 9.98. The summed E-state index contributed by atoms with van der Waals surface area (Å²) in [5.41, 5.74) is 19.3. The highest BCUT2D eigenvalue weighted by atomic mass is 32.1. The van der Waals surface area contributed by atoms with Crippen LogP contribution in [0.25, 0.3) is 98.7 Å². The van der Waals surface area contributed by atoms with E-state index in [1.54, 1.807) is 7.05 Å². The molecule has 11 rings (SSSR count). The Kier molecular flexibility index (Phi) is 13.2. The molecule has 8 aromatic carbocycles. The molecule has 2 N–H and O–H groups in total. The van der Waals surface area contributed by atoms with Crippen LogP contribution in [0.4, 0.5) is 0 Å². The van der Waals surface area contributed by atoms with E-state index in [-0.39, 0.29) is 0 Å². The average molecular weight is 923 g/mol. The number of hydrogen-bond donors (Lipinski definition) is 1. The van der Waals surface area contributed by atoms with E-state index in [1.807, 2.05) is 42.6 Å². The minimum atomic E-state index is 0.475. The van der Waals surface area contributed by atoms with Gasteiger partial charge < -0.3 is 14.9 Å². The zero-order chi connectivity index (χ0) is 48.0. The Morgan fingerprint density at radius 2 is 1.10 bits per heavy atom. The lowest BCUT2D eigenvalue weighted by Crippen LogP contribution is -2.30. The van der Waals surface area contributed by atoms with Crippen molar-refractivity contribution in [2.45, 2.75) is 20.3 Å². The van der Waals surface area contributed by atoms with Gasteiger partial charge in [-0.25, -0.2) is 0 Å². The maximum Gasteiger partial charge on any atom is 0.118 e. The molecule has 11 aromatic rings. The van der Waals surface area contributed by atoms with E-state index in [0.717, 1.165) is 61.4 Å². The van der Waals surface area contributed by atoms with Crippen molar-refractivity contribution in [3.8, 4) is 27.9 Å². The van der Waals surface area contributed by atoms with Gasteiger partial charge in [0.15, 0.2) is 0 Å². The number of rotatable bonds is 10. The van der Waals surface area contributed by atoms with E-state index in [1.165, 1.54) is 53.2 Å². The zero-order valence-corrected chi connectivity index (χ0v) is 40.6. The molecule has 0 saturated heterocycles. The largest absolute Gasteiger partial charge is 0.384 e. The molecule has 4 nitrogen and oxygen atoms in total. The Morgan fingerprint density at radius 1 is 0.571 bits per heavy atom. The molecule has 0 spiro atoms. The third-order valence-corrected chi connectivity index (χ3v) is 14.0. The summed E-state index contributed by atoms with van der Waals surface area (Å²) in [6, 6.07) is 67.6. The predicted octanol–water partition coefficient (Wildman–Crippen LogP) is 15.4. The third kappa shape index (κ3) is 8.99. The molecule has 0 radical (unpaired) electrons. The van der Waals surface area contributed by atoms with Gasteiger partial charge in [-0.2, -0.15) is 0 Å². The number of hydrogen-bond acceptors (Lipinski definition) is 2. The van der Waals surface area contributed by atoms with Crippen molar-refractivity contribution >= 4 is 87.9 Å². The summed E-state index contributed by atoms with van der Waals surface area (Å²) in [5, 5.41) is 8.16. The minimum Gasteiger partial charge on any atom is -0.384 e. The maximum absolute atomic E-state index is 6.41. The van der Waals surface area contributed by atoms with Crippen LogP contribution < -0.4 is 16.3 Å². The smallest absolute Gasteiger partial charge is 0.118 e. The Morgan fingerprint density at radius 3 is 1.69 bits per heavy atom. The standard InChI is InChI=1S/C52H42N4S.C13H12/c1-5-8-19-46-44(33-52(53)54-4)43-31-35(22-27-49(43)56(46)39-16-10-9-11-17-39)34-21-25-47-41(29-34)42-30-36(23-26-48(42)55(47)38(14-6-2)15-7-3)37-24-28-51-45(32-37)40-18-12-13-20-50(40)57-51;1-3-7-12(8-4-1)11-13-9-5-2-6-10-13/h5-33H,2H2,1,3-4H3,(H2,53,54);1-10H,11H2/b8-5-,15-7-,38-14+,44-33?,46-19+;. The van der Waals surface area contributed by atoms with Crippen molar-refractivity contribution in [1.82, 2.24) is 9.13 Å². The lowest BCUT2D eigenvalue weighted by Gasteiger charge is -2.10. The second kappa shape index (κ2) is 20.4. The summed E-state index contributed by atoms with van der Waals surface area (Å²) in [6.07, 6.45) is 17.5. The van der Waals surface area contributed by atoms with Gasteiger partial charge in [0.2, 0.25) is 0 Å². The van der Waals surface area contributed by atoms with Crippen LogP contribution in [-0.2, 0) is 6.42 Å². The second-order valence-corrected chi connectivity index (χ2v) is 18.4. The average Bonchev–Trinajstić information content (AvgIpc) is 4.05. The number of aliphatic imine (C=N–C) groups is 1. The molecule has 0 fully saturated rings. The Bertz CT molecular complexity index is 3920. The van der Waals surface area contributed by atoms with E-state index in [4.69, 9.17) is 5.73 Å². The van der Waals surface area contributed by atoms with Gasteiger partial charge in [-0.3, -0.25) is 4.99 Å². The first-order valence-electron chi connectivity index (χ1n) is 23.8. The number of benzene rings is 8. The molecule has 0 unspecified atom stereocenters. The summed E-state index contributed by atoms with van der Waals surface area (Å²) in [5.74, 6) is 0.475. The normalized spacial score (nSPS) is 12.9. The van der Waals surface area contributed by atoms with Crippen LogP contribution in [0.1, 0.15) is 25.0 Å². The van der Waals surface area contributed by atoms with Crippen LogP contribution in [0.2, 0.25) is 0 Å². The van der Waals surface area contributed by atoms with Crippen molar-refractivity contribution < 1.29 is 0 Å². The van der Waals surface area contributed by atoms with Gasteiger partial charge in [-0.15, -0.1) is 11.3 Å². The van der Waals surface area contributed by atoms with Crippen LogP contribution >= 0.6 is 11.3 Å². The highest BCUT2D eigenvalue weighted by Gasteiger charge is 2.17. The first kappa shape index (κ1) is 45.3. The molecule has 70 heavy (non-hydrogen) atoms. The predicted molar refractivity (Wildman–Crippen MR) is 306 cm³/mol. The van der Waals surface area contributed by atoms with Gasteiger partial charge >= 0.3 is 0 Å². The van der Waals surface area contributed by atoms with Crippen molar-refractivity contribution in [3.63, 3.8) is 0 Å². The van der Waals surface area contributed by atoms with Crippen LogP contribution in [-0.4, -0.2) is 22.0 Å². The third-order valence-electron chi connectivity index (χ3n) is 12.8. The van der Waals surface area contributed by atoms with Gasteiger partial charge in [0.1, 0.15) is 5.84 Å². The molecule has 340 valence electrons. The van der Waals surface area contributed by atoms with Gasteiger partial charge in [-0.1, -0.05) is 152 Å². The van der Waals surface area contributed by atoms with Gasteiger partial charge in [0.25, 0.3) is 0 Å². The van der Waals surface area contributed by atoms with Crippen LogP contribution in [0.3, 0.4) is 0 Å². The number of amidine groups is 1. The Hall–Kier alpha value is -8.51. The van der Waals surface area contributed by atoms with Gasteiger partial charge in [-0.05, 0) is 145 Å². The molecule has 0 saturated carbocycles. The molecule has 0 aliphatic carbocycles. The summed E-state index contributed by atoms with van der Waals surface area (Å²) in [7, 11) is 1.73. The molecule has 0 atom stereocenters. The molecule has 0 amide bonds. The van der Waals surface area contributed by atoms with Crippen molar-refractivity contribution in [2.75, 3.05) is 7.05 Å². The van der Waals surface area contributed by atoms with E-state index in [9.17, 15) is 0 Å². The summed E-state index contributed by atoms with van der Waals surface area (Å²) in [4.78, 5) is 4.32. The number of nitrogens with two attached hydrogens (primary N) is 1. The monoisotopic (exact) mass is 922 g/mol. The molecule has 5 heteroatoms. The summed E-state index contributed by atoms with van der Waals surface area (Å²) in [6.45, 7) is 8.14. The van der Waals surface area contributed by atoms with E-state index < -0.39 is 0 Å². The maximum atomic E-state index is 6.41. The minimum absolute atomic E-state index is 0.475. The topological polar surface area (TPSA) is 48.2 Å². The number of para-hydroxylation sites is 1.